The van der Waals surface area contributed by atoms with Crippen LogP contribution in [-0.2, 0) is 20.9 Å². The van der Waals surface area contributed by atoms with Crippen molar-refractivity contribution in [3.05, 3.63) is 35.9 Å². The molecule has 0 spiro atoms. The second-order valence-corrected chi connectivity index (χ2v) is 8.90. The van der Waals surface area contributed by atoms with Crippen LogP contribution in [0.15, 0.2) is 30.3 Å². The van der Waals surface area contributed by atoms with E-state index < -0.39 is 0 Å². The molecule has 188 valence electrons. The van der Waals surface area contributed by atoms with Crippen LogP contribution in [0.1, 0.15) is 96.0 Å². The molecule has 0 aliphatic carbocycles. The van der Waals surface area contributed by atoms with Crippen molar-refractivity contribution >= 4 is 12.3 Å². The van der Waals surface area contributed by atoms with Crippen molar-refractivity contribution < 1.29 is 19.4 Å². The lowest BCUT2D eigenvalue weighted by Crippen LogP contribution is -2.39. The number of rotatable bonds is 22. The average Bonchev–Trinajstić information content (AvgIpc) is 2.83. The second kappa shape index (κ2) is 20.7. The molecular formula is C27H46N2O4. The first-order valence-electron chi connectivity index (χ1n) is 12.9. The van der Waals surface area contributed by atoms with Gasteiger partial charge >= 0.3 is 0 Å². The maximum Gasteiger partial charge on any atom is 0.222 e. The van der Waals surface area contributed by atoms with E-state index in [1.165, 1.54) is 51.4 Å². The van der Waals surface area contributed by atoms with Gasteiger partial charge in [-0.3, -0.25) is 9.59 Å². The molecule has 0 aliphatic heterocycles. The lowest BCUT2D eigenvalue weighted by molar-refractivity contribution is -0.125. The molecule has 3 N–H and O–H groups in total. The molecule has 2 amide bonds. The zero-order chi connectivity index (χ0) is 24.0. The molecule has 1 rings (SSSR count). The average molecular weight is 463 g/mol. The smallest absolute Gasteiger partial charge is 0.222 e. The fraction of sp³-hybridized carbons (Fsp3) is 0.704. The molecule has 0 saturated carbocycles. The Kier molecular flexibility index (Phi) is 18.2. The molecule has 0 saturated heterocycles. The Labute approximate surface area is 200 Å². The van der Waals surface area contributed by atoms with Gasteiger partial charge in [-0.2, -0.15) is 0 Å². The summed E-state index contributed by atoms with van der Waals surface area (Å²) in [6.07, 6.45) is 14.4. The molecule has 0 aromatic heterocycles. The number of amides is 2. The first kappa shape index (κ1) is 29.1. The van der Waals surface area contributed by atoms with E-state index in [0.717, 1.165) is 18.4 Å². The molecule has 0 aliphatic rings. The molecule has 6 heteroatoms. The minimum atomic E-state index is -0.298. The monoisotopic (exact) mass is 462 g/mol. The SMILES string of the molecule is CCCCCCCCCCC[C@H](CC(=O)N[C@@H](CO)CCCNC=O)OCc1ccccc1. The number of carbonyl (C=O) groups excluding carboxylic acids is 2. The van der Waals surface area contributed by atoms with Crippen LogP contribution in [0, 0.1) is 0 Å². The quantitative estimate of drug-likeness (QED) is 0.169. The summed E-state index contributed by atoms with van der Waals surface area (Å²) in [6.45, 7) is 3.17. The summed E-state index contributed by atoms with van der Waals surface area (Å²) in [6, 6.07) is 9.73. The summed E-state index contributed by atoms with van der Waals surface area (Å²) in [5, 5.41) is 15.1. The number of nitrogens with one attached hydrogen (secondary N) is 2. The Morgan fingerprint density at radius 1 is 0.970 bits per heavy atom. The van der Waals surface area contributed by atoms with E-state index in [0.29, 0.717) is 38.8 Å². The Morgan fingerprint density at radius 3 is 2.27 bits per heavy atom. The van der Waals surface area contributed by atoms with Gasteiger partial charge in [0.25, 0.3) is 0 Å². The predicted molar refractivity (Wildman–Crippen MR) is 134 cm³/mol. The summed E-state index contributed by atoms with van der Waals surface area (Å²) in [5.41, 5.74) is 1.10. The maximum atomic E-state index is 12.6. The van der Waals surface area contributed by atoms with E-state index in [1.807, 2.05) is 30.3 Å². The van der Waals surface area contributed by atoms with E-state index >= 15 is 0 Å². The molecule has 6 nitrogen and oxygen atoms in total. The van der Waals surface area contributed by atoms with Crippen LogP contribution in [0.4, 0.5) is 0 Å². The lowest BCUT2D eigenvalue weighted by Gasteiger charge is -2.21. The predicted octanol–water partition coefficient (Wildman–Crippen LogP) is 4.89. The van der Waals surface area contributed by atoms with Gasteiger partial charge in [0.15, 0.2) is 0 Å². The zero-order valence-corrected chi connectivity index (χ0v) is 20.6. The molecule has 2 atom stereocenters. The van der Waals surface area contributed by atoms with Crippen molar-refractivity contribution in [1.29, 1.82) is 0 Å². The lowest BCUT2D eigenvalue weighted by atomic mass is 10.0. The van der Waals surface area contributed by atoms with Gasteiger partial charge in [0.1, 0.15) is 0 Å². The number of carbonyl (C=O) groups is 2. The highest BCUT2D eigenvalue weighted by Gasteiger charge is 2.17. The maximum absolute atomic E-state index is 12.6. The van der Waals surface area contributed by atoms with Gasteiger partial charge in [-0.15, -0.1) is 0 Å². The van der Waals surface area contributed by atoms with Gasteiger partial charge in [-0.1, -0.05) is 95.0 Å². The van der Waals surface area contributed by atoms with Crippen molar-refractivity contribution in [2.24, 2.45) is 0 Å². The van der Waals surface area contributed by atoms with Crippen LogP contribution in [0.3, 0.4) is 0 Å². The Hall–Kier alpha value is -1.92. The van der Waals surface area contributed by atoms with Gasteiger partial charge < -0.3 is 20.5 Å². The fourth-order valence-corrected chi connectivity index (χ4v) is 3.93. The first-order chi connectivity index (χ1) is 16.2. The van der Waals surface area contributed by atoms with Crippen LogP contribution in [-0.4, -0.2) is 42.7 Å². The summed E-state index contributed by atoms with van der Waals surface area (Å²) in [4.78, 5) is 22.9. The summed E-state index contributed by atoms with van der Waals surface area (Å²) in [5.74, 6) is -0.0913. The number of aliphatic hydroxyl groups excluding tert-OH is 1. The number of aliphatic hydroxyl groups is 1. The topological polar surface area (TPSA) is 87.7 Å². The number of ether oxygens (including phenoxy) is 1. The molecule has 0 radical (unpaired) electrons. The Bertz CT molecular complexity index is 597. The van der Waals surface area contributed by atoms with Crippen LogP contribution in [0.25, 0.3) is 0 Å². The van der Waals surface area contributed by atoms with E-state index in [9.17, 15) is 14.7 Å². The number of hydrogen-bond acceptors (Lipinski definition) is 4. The highest BCUT2D eigenvalue weighted by atomic mass is 16.5. The molecule has 1 aromatic carbocycles. The third kappa shape index (κ3) is 16.4. The van der Waals surface area contributed by atoms with Crippen LogP contribution in [0.5, 0.6) is 0 Å². The van der Waals surface area contributed by atoms with Crippen LogP contribution < -0.4 is 10.6 Å². The van der Waals surface area contributed by atoms with Gasteiger partial charge in [0, 0.05) is 6.54 Å². The van der Waals surface area contributed by atoms with Crippen LogP contribution in [0.2, 0.25) is 0 Å². The molecule has 1 aromatic rings. The zero-order valence-electron chi connectivity index (χ0n) is 20.6. The van der Waals surface area contributed by atoms with E-state index in [4.69, 9.17) is 4.74 Å². The third-order valence-corrected chi connectivity index (χ3v) is 5.91. The number of benzene rings is 1. The minimum Gasteiger partial charge on any atom is -0.394 e. The highest BCUT2D eigenvalue weighted by molar-refractivity contribution is 5.76. The first-order valence-corrected chi connectivity index (χ1v) is 12.9. The number of unbranched alkanes of at least 4 members (excludes halogenated alkanes) is 8. The van der Waals surface area contributed by atoms with Crippen molar-refractivity contribution in [2.75, 3.05) is 13.2 Å². The van der Waals surface area contributed by atoms with Gasteiger partial charge in [0.2, 0.25) is 12.3 Å². The highest BCUT2D eigenvalue weighted by Crippen LogP contribution is 2.16. The molecule has 0 unspecified atom stereocenters. The van der Waals surface area contributed by atoms with Crippen molar-refractivity contribution in [1.82, 2.24) is 10.6 Å². The third-order valence-electron chi connectivity index (χ3n) is 5.91. The molecule has 0 bridgehead atoms. The molecule has 0 heterocycles. The molecule has 0 fully saturated rings. The normalized spacial score (nSPS) is 12.8. The number of hydrogen-bond donors (Lipinski definition) is 3. The largest absolute Gasteiger partial charge is 0.394 e. The van der Waals surface area contributed by atoms with Crippen molar-refractivity contribution in [3.8, 4) is 0 Å². The Balaban J connectivity index is 2.40. The standard InChI is InChI=1S/C27H46N2O4/c1-2-3-4-5-6-7-8-9-13-18-26(33-22-24-15-11-10-12-16-24)20-27(32)29-25(21-30)17-14-19-28-23-31/h10-12,15-16,23,25-26,30H,2-9,13-14,17-22H2,1H3,(H,28,31)(H,29,32)/t25-,26-/m1/s1. The van der Waals surface area contributed by atoms with Gasteiger partial charge in [-0.05, 0) is 24.8 Å². The molecule has 33 heavy (non-hydrogen) atoms. The van der Waals surface area contributed by atoms with E-state index in [-0.39, 0.29) is 24.7 Å². The van der Waals surface area contributed by atoms with Crippen molar-refractivity contribution in [2.45, 2.75) is 109 Å². The summed E-state index contributed by atoms with van der Waals surface area (Å²) in [7, 11) is 0. The van der Waals surface area contributed by atoms with Gasteiger partial charge in [0.05, 0.1) is 31.8 Å². The van der Waals surface area contributed by atoms with Gasteiger partial charge in [-0.25, -0.2) is 0 Å². The summed E-state index contributed by atoms with van der Waals surface area (Å²) >= 11 is 0. The molecular weight excluding hydrogens is 416 g/mol. The van der Waals surface area contributed by atoms with Crippen molar-refractivity contribution in [3.63, 3.8) is 0 Å². The van der Waals surface area contributed by atoms with Crippen LogP contribution >= 0.6 is 0 Å². The minimum absolute atomic E-state index is 0.0913. The Morgan fingerprint density at radius 2 is 1.64 bits per heavy atom. The fourth-order valence-electron chi connectivity index (χ4n) is 3.93. The van der Waals surface area contributed by atoms with E-state index in [1.54, 1.807) is 0 Å². The summed E-state index contributed by atoms with van der Waals surface area (Å²) < 4.78 is 6.13. The second-order valence-electron chi connectivity index (χ2n) is 8.90. The van der Waals surface area contributed by atoms with E-state index in [2.05, 4.69) is 17.6 Å².